The van der Waals surface area contributed by atoms with Gasteiger partial charge in [0.05, 0.1) is 11.3 Å². The molecule has 1 fully saturated rings. The SMILES string of the molecule is CN1CCN(Cc2ccc(Nc3nccc(Nc4ccccc4C(=O)N(C)C)n3)cc2)CC1. The molecular formula is C25H31N7O. The number of amides is 1. The second-order valence-corrected chi connectivity index (χ2v) is 8.54. The van der Waals surface area contributed by atoms with Gasteiger partial charge in [-0.05, 0) is 42.9 Å². The van der Waals surface area contributed by atoms with E-state index in [1.807, 2.05) is 18.2 Å². The molecule has 1 aliphatic rings. The summed E-state index contributed by atoms with van der Waals surface area (Å²) in [6, 6.07) is 17.6. The Bertz CT molecular complexity index is 1080. The number of aromatic nitrogens is 2. The predicted molar refractivity (Wildman–Crippen MR) is 132 cm³/mol. The summed E-state index contributed by atoms with van der Waals surface area (Å²) in [6.07, 6.45) is 1.69. The Kier molecular flexibility index (Phi) is 7.16. The van der Waals surface area contributed by atoms with Crippen molar-refractivity contribution in [2.24, 2.45) is 0 Å². The van der Waals surface area contributed by atoms with Gasteiger partial charge in [0.25, 0.3) is 5.91 Å². The minimum atomic E-state index is -0.0674. The molecule has 1 aliphatic heterocycles. The Labute approximate surface area is 195 Å². The summed E-state index contributed by atoms with van der Waals surface area (Å²) < 4.78 is 0. The molecule has 0 spiro atoms. The zero-order chi connectivity index (χ0) is 23.2. The van der Waals surface area contributed by atoms with Gasteiger partial charge >= 0.3 is 0 Å². The lowest BCUT2D eigenvalue weighted by Crippen LogP contribution is -2.43. The molecule has 2 N–H and O–H groups in total. The molecule has 0 unspecified atom stereocenters. The smallest absolute Gasteiger partial charge is 0.255 e. The van der Waals surface area contributed by atoms with Crippen molar-refractivity contribution in [3.05, 3.63) is 71.9 Å². The van der Waals surface area contributed by atoms with E-state index < -0.39 is 0 Å². The molecule has 1 saturated heterocycles. The lowest BCUT2D eigenvalue weighted by Gasteiger charge is -2.32. The Morgan fingerprint density at radius 1 is 0.970 bits per heavy atom. The summed E-state index contributed by atoms with van der Waals surface area (Å²) in [4.78, 5) is 27.8. The topological polar surface area (TPSA) is 76.6 Å². The van der Waals surface area contributed by atoms with Crippen molar-refractivity contribution in [1.29, 1.82) is 0 Å². The maximum absolute atomic E-state index is 12.5. The van der Waals surface area contributed by atoms with Gasteiger partial charge in [0.15, 0.2) is 0 Å². The summed E-state index contributed by atoms with van der Waals surface area (Å²) in [5.41, 5.74) is 3.52. The van der Waals surface area contributed by atoms with Crippen LogP contribution in [0, 0.1) is 0 Å². The largest absolute Gasteiger partial charge is 0.345 e. The Morgan fingerprint density at radius 2 is 1.70 bits per heavy atom. The summed E-state index contributed by atoms with van der Waals surface area (Å²) in [5.74, 6) is 1.03. The van der Waals surface area contributed by atoms with E-state index in [2.05, 4.69) is 61.7 Å². The molecule has 172 valence electrons. The van der Waals surface area contributed by atoms with Gasteiger partial charge in [-0.15, -0.1) is 0 Å². The normalized spacial score (nSPS) is 14.6. The zero-order valence-electron chi connectivity index (χ0n) is 19.5. The van der Waals surface area contributed by atoms with E-state index in [1.54, 1.807) is 37.3 Å². The van der Waals surface area contributed by atoms with E-state index in [9.17, 15) is 4.79 Å². The van der Waals surface area contributed by atoms with E-state index >= 15 is 0 Å². The molecule has 3 aromatic rings. The number of carbonyl (C=O) groups is 1. The number of nitrogens with zero attached hydrogens (tertiary/aromatic N) is 5. The minimum absolute atomic E-state index is 0.0674. The maximum Gasteiger partial charge on any atom is 0.255 e. The second-order valence-electron chi connectivity index (χ2n) is 8.54. The molecule has 0 aliphatic carbocycles. The van der Waals surface area contributed by atoms with Crippen LogP contribution in [0.15, 0.2) is 60.8 Å². The van der Waals surface area contributed by atoms with Gasteiger partial charge in [-0.1, -0.05) is 24.3 Å². The number of benzene rings is 2. The van der Waals surface area contributed by atoms with E-state index in [-0.39, 0.29) is 5.91 Å². The lowest BCUT2D eigenvalue weighted by atomic mass is 10.1. The number of likely N-dealkylation sites (N-methyl/N-ethyl adjacent to an activating group) is 1. The fourth-order valence-corrected chi connectivity index (χ4v) is 3.73. The fraction of sp³-hybridized carbons (Fsp3) is 0.320. The summed E-state index contributed by atoms with van der Waals surface area (Å²) in [5, 5.41) is 6.51. The second kappa shape index (κ2) is 10.4. The van der Waals surface area contributed by atoms with Crippen molar-refractivity contribution in [3.8, 4) is 0 Å². The zero-order valence-corrected chi connectivity index (χ0v) is 19.5. The van der Waals surface area contributed by atoms with Gasteiger partial charge in [-0.2, -0.15) is 4.98 Å². The molecular weight excluding hydrogens is 414 g/mol. The van der Waals surface area contributed by atoms with Crippen molar-refractivity contribution in [2.45, 2.75) is 6.54 Å². The van der Waals surface area contributed by atoms with Crippen LogP contribution in [0.25, 0.3) is 0 Å². The van der Waals surface area contributed by atoms with Crippen LogP contribution in [0.3, 0.4) is 0 Å². The van der Waals surface area contributed by atoms with Crippen LogP contribution >= 0.6 is 0 Å². The van der Waals surface area contributed by atoms with Crippen molar-refractivity contribution < 1.29 is 4.79 Å². The van der Waals surface area contributed by atoms with Crippen LogP contribution in [0.4, 0.5) is 23.1 Å². The standard InChI is InChI=1S/C25H31N7O/c1-30(2)24(33)21-6-4-5-7-22(21)28-23-12-13-26-25(29-23)27-20-10-8-19(9-11-20)18-32-16-14-31(3)15-17-32/h4-13H,14-18H2,1-3H3,(H2,26,27,28,29). The van der Waals surface area contributed by atoms with Gasteiger partial charge in [0.1, 0.15) is 5.82 Å². The van der Waals surface area contributed by atoms with Crippen molar-refractivity contribution >= 4 is 29.0 Å². The summed E-state index contributed by atoms with van der Waals surface area (Å²) in [7, 11) is 5.65. The lowest BCUT2D eigenvalue weighted by molar-refractivity contribution is 0.0828. The number of hydrogen-bond acceptors (Lipinski definition) is 7. The summed E-state index contributed by atoms with van der Waals surface area (Å²) >= 11 is 0. The van der Waals surface area contributed by atoms with Gasteiger partial charge in [-0.3, -0.25) is 9.69 Å². The molecule has 0 bridgehead atoms. The van der Waals surface area contributed by atoms with Crippen LogP contribution in [0.5, 0.6) is 0 Å². The number of para-hydroxylation sites is 1. The quantitative estimate of drug-likeness (QED) is 0.577. The molecule has 8 heteroatoms. The van der Waals surface area contributed by atoms with Gasteiger partial charge in [0, 0.05) is 58.7 Å². The number of nitrogens with one attached hydrogen (secondary N) is 2. The molecule has 8 nitrogen and oxygen atoms in total. The van der Waals surface area contributed by atoms with Gasteiger partial charge in [-0.25, -0.2) is 4.98 Å². The average molecular weight is 446 g/mol. The number of carbonyl (C=O) groups excluding carboxylic acids is 1. The van der Waals surface area contributed by atoms with Crippen LogP contribution in [0.2, 0.25) is 0 Å². The Balaban J connectivity index is 1.40. The first-order valence-electron chi connectivity index (χ1n) is 11.2. The number of piperazine rings is 1. The molecule has 2 aromatic carbocycles. The highest BCUT2D eigenvalue weighted by atomic mass is 16.2. The third-order valence-corrected chi connectivity index (χ3v) is 5.69. The first-order chi connectivity index (χ1) is 16.0. The maximum atomic E-state index is 12.5. The number of hydrogen-bond donors (Lipinski definition) is 2. The summed E-state index contributed by atoms with van der Waals surface area (Å²) in [6.45, 7) is 5.42. The highest BCUT2D eigenvalue weighted by Gasteiger charge is 2.15. The molecule has 0 saturated carbocycles. The van der Waals surface area contributed by atoms with Crippen molar-refractivity contribution in [3.63, 3.8) is 0 Å². The van der Waals surface area contributed by atoms with Crippen LogP contribution in [-0.2, 0) is 6.54 Å². The van der Waals surface area contributed by atoms with E-state index in [4.69, 9.17) is 0 Å². The monoisotopic (exact) mass is 445 g/mol. The molecule has 4 rings (SSSR count). The third-order valence-electron chi connectivity index (χ3n) is 5.69. The highest BCUT2D eigenvalue weighted by Crippen LogP contribution is 2.22. The van der Waals surface area contributed by atoms with Crippen LogP contribution < -0.4 is 10.6 Å². The van der Waals surface area contributed by atoms with Crippen LogP contribution in [0.1, 0.15) is 15.9 Å². The van der Waals surface area contributed by atoms with Crippen molar-refractivity contribution in [1.82, 2.24) is 24.7 Å². The molecule has 1 aromatic heterocycles. The molecule has 0 atom stereocenters. The number of anilines is 4. The number of rotatable bonds is 7. The molecule has 0 radical (unpaired) electrons. The molecule has 33 heavy (non-hydrogen) atoms. The van der Waals surface area contributed by atoms with E-state index in [0.717, 1.165) is 38.4 Å². The van der Waals surface area contributed by atoms with Gasteiger partial charge in [0.2, 0.25) is 5.95 Å². The fourth-order valence-electron chi connectivity index (χ4n) is 3.73. The Hall–Kier alpha value is -3.49. The van der Waals surface area contributed by atoms with E-state index in [1.165, 1.54) is 5.56 Å². The first-order valence-corrected chi connectivity index (χ1v) is 11.2. The Morgan fingerprint density at radius 3 is 2.42 bits per heavy atom. The van der Waals surface area contributed by atoms with Crippen LogP contribution in [-0.4, -0.2) is 77.9 Å². The van der Waals surface area contributed by atoms with E-state index in [0.29, 0.717) is 23.0 Å². The average Bonchev–Trinajstić information content (AvgIpc) is 2.82. The highest BCUT2D eigenvalue weighted by molar-refractivity contribution is 5.99. The van der Waals surface area contributed by atoms with Gasteiger partial charge < -0.3 is 20.4 Å². The molecule has 1 amide bonds. The molecule has 2 heterocycles. The minimum Gasteiger partial charge on any atom is -0.345 e. The first kappa shape index (κ1) is 22.7. The predicted octanol–water partition coefficient (Wildman–Crippen LogP) is 3.41. The third kappa shape index (κ3) is 6.06. The van der Waals surface area contributed by atoms with Crippen molar-refractivity contribution in [2.75, 3.05) is 58.0 Å².